The van der Waals surface area contributed by atoms with Gasteiger partial charge in [-0.3, -0.25) is 0 Å². The molecule has 74 valence electrons. The topological polar surface area (TPSA) is 38.3 Å². The van der Waals surface area contributed by atoms with E-state index >= 15 is 0 Å². The molecule has 2 atom stereocenters. The largest absolute Gasteiger partial charge is 0.464 e. The summed E-state index contributed by atoms with van der Waals surface area (Å²) in [4.78, 5) is 11.3. The predicted molar refractivity (Wildman–Crippen MR) is 54.0 cm³/mol. The molecule has 0 aromatic heterocycles. The molecule has 1 saturated heterocycles. The van der Waals surface area contributed by atoms with E-state index in [1.165, 1.54) is 0 Å². The van der Waals surface area contributed by atoms with Crippen molar-refractivity contribution in [1.82, 2.24) is 0 Å². The minimum absolute atomic E-state index is 0.152. The zero-order valence-electron chi connectivity index (χ0n) is 8.07. The molecule has 1 heterocycles. The number of cyclic esters (lactones) is 1. The van der Waals surface area contributed by atoms with Gasteiger partial charge in [-0.2, -0.15) is 0 Å². The monoisotopic (exact) mass is 191 g/mol. The molecule has 0 radical (unpaired) electrons. The highest BCUT2D eigenvalue weighted by Gasteiger charge is 2.33. The van der Waals surface area contributed by atoms with Gasteiger partial charge in [-0.25, -0.2) is 4.79 Å². The molecule has 0 saturated carbocycles. The molecular weight excluding hydrogens is 178 g/mol. The zero-order chi connectivity index (χ0) is 9.97. The highest BCUT2D eigenvalue weighted by atomic mass is 16.5. The van der Waals surface area contributed by atoms with Gasteiger partial charge in [0.1, 0.15) is 6.04 Å². The summed E-state index contributed by atoms with van der Waals surface area (Å²) in [5, 5.41) is 3.17. The van der Waals surface area contributed by atoms with Crippen LogP contribution in [0.2, 0.25) is 0 Å². The Morgan fingerprint density at radius 3 is 2.64 bits per heavy atom. The van der Waals surface area contributed by atoms with Crippen LogP contribution < -0.4 is 5.32 Å². The highest BCUT2D eigenvalue weighted by Crippen LogP contribution is 2.19. The van der Waals surface area contributed by atoms with E-state index < -0.39 is 0 Å². The normalized spacial score (nSPS) is 25.9. The van der Waals surface area contributed by atoms with Gasteiger partial charge in [-0.15, -0.1) is 0 Å². The second kappa shape index (κ2) is 3.70. The Hall–Kier alpha value is -1.51. The molecule has 1 aliphatic heterocycles. The van der Waals surface area contributed by atoms with Crippen molar-refractivity contribution in [2.24, 2.45) is 5.92 Å². The lowest BCUT2D eigenvalue weighted by Gasteiger charge is -2.13. The Morgan fingerprint density at radius 1 is 1.36 bits per heavy atom. The second-order valence-electron chi connectivity index (χ2n) is 3.60. The van der Waals surface area contributed by atoms with E-state index in [1.807, 2.05) is 37.3 Å². The number of hydrogen-bond acceptors (Lipinski definition) is 3. The van der Waals surface area contributed by atoms with Crippen molar-refractivity contribution in [2.75, 3.05) is 11.9 Å². The molecule has 1 aromatic rings. The molecule has 0 amide bonds. The van der Waals surface area contributed by atoms with Crippen LogP contribution in [0.25, 0.3) is 0 Å². The Bertz CT molecular complexity index is 323. The fourth-order valence-electron chi connectivity index (χ4n) is 1.55. The first kappa shape index (κ1) is 9.06. The van der Waals surface area contributed by atoms with Gasteiger partial charge in [0.25, 0.3) is 0 Å². The van der Waals surface area contributed by atoms with E-state index in [0.717, 1.165) is 5.69 Å². The number of esters is 1. The van der Waals surface area contributed by atoms with Crippen LogP contribution in [0.3, 0.4) is 0 Å². The Labute approximate surface area is 83.1 Å². The zero-order valence-corrected chi connectivity index (χ0v) is 8.07. The quantitative estimate of drug-likeness (QED) is 0.722. The lowest BCUT2D eigenvalue weighted by atomic mass is 10.1. The van der Waals surface area contributed by atoms with Gasteiger partial charge in [0.05, 0.1) is 6.61 Å². The van der Waals surface area contributed by atoms with Gasteiger partial charge in [0.2, 0.25) is 0 Å². The summed E-state index contributed by atoms with van der Waals surface area (Å²) in [5.41, 5.74) is 0.961. The van der Waals surface area contributed by atoms with E-state index in [1.54, 1.807) is 0 Å². The molecule has 0 aliphatic carbocycles. The Balaban J connectivity index is 2.07. The van der Waals surface area contributed by atoms with Crippen LogP contribution in [0.5, 0.6) is 0 Å². The Kier molecular flexibility index (Phi) is 2.39. The highest BCUT2D eigenvalue weighted by molar-refractivity contribution is 5.81. The van der Waals surface area contributed by atoms with Crippen molar-refractivity contribution < 1.29 is 9.53 Å². The number of benzene rings is 1. The number of carbonyl (C=O) groups is 1. The van der Waals surface area contributed by atoms with Gasteiger partial charge < -0.3 is 10.1 Å². The third-order valence-corrected chi connectivity index (χ3v) is 2.41. The first-order valence-corrected chi connectivity index (χ1v) is 4.75. The van der Waals surface area contributed by atoms with Crippen molar-refractivity contribution in [3.8, 4) is 0 Å². The number of para-hydroxylation sites is 1. The third kappa shape index (κ3) is 1.71. The summed E-state index contributed by atoms with van der Waals surface area (Å²) in [7, 11) is 0. The minimum Gasteiger partial charge on any atom is -0.464 e. The van der Waals surface area contributed by atoms with Crippen LogP contribution in [-0.4, -0.2) is 18.6 Å². The van der Waals surface area contributed by atoms with Crippen LogP contribution in [0.15, 0.2) is 30.3 Å². The fourth-order valence-corrected chi connectivity index (χ4v) is 1.55. The summed E-state index contributed by atoms with van der Waals surface area (Å²) < 4.78 is 4.95. The van der Waals surface area contributed by atoms with Crippen molar-refractivity contribution in [1.29, 1.82) is 0 Å². The van der Waals surface area contributed by atoms with Crippen LogP contribution in [0.4, 0.5) is 5.69 Å². The van der Waals surface area contributed by atoms with Crippen molar-refractivity contribution in [2.45, 2.75) is 13.0 Å². The summed E-state index contributed by atoms with van der Waals surface area (Å²) in [6.07, 6.45) is 0. The van der Waals surface area contributed by atoms with Gasteiger partial charge in [-0.05, 0) is 12.1 Å². The van der Waals surface area contributed by atoms with Gasteiger partial charge in [0.15, 0.2) is 0 Å². The molecule has 0 unspecified atom stereocenters. The van der Waals surface area contributed by atoms with Crippen molar-refractivity contribution in [3.05, 3.63) is 30.3 Å². The number of hydrogen-bond donors (Lipinski definition) is 1. The summed E-state index contributed by atoms with van der Waals surface area (Å²) in [6, 6.07) is 9.51. The summed E-state index contributed by atoms with van der Waals surface area (Å²) in [6.45, 7) is 2.52. The molecule has 3 nitrogen and oxygen atoms in total. The SMILES string of the molecule is C[C@@H]1COC(=O)[C@H]1Nc1ccccc1. The van der Waals surface area contributed by atoms with E-state index in [-0.39, 0.29) is 17.9 Å². The van der Waals surface area contributed by atoms with Crippen molar-refractivity contribution in [3.63, 3.8) is 0 Å². The van der Waals surface area contributed by atoms with Crippen LogP contribution in [-0.2, 0) is 9.53 Å². The number of nitrogens with one attached hydrogen (secondary N) is 1. The second-order valence-corrected chi connectivity index (χ2v) is 3.60. The lowest BCUT2D eigenvalue weighted by molar-refractivity contribution is -0.138. The van der Waals surface area contributed by atoms with Crippen LogP contribution in [0, 0.1) is 5.92 Å². The number of rotatable bonds is 2. The molecule has 3 heteroatoms. The number of anilines is 1. The maximum atomic E-state index is 11.3. The standard InChI is InChI=1S/C11H13NO2/c1-8-7-14-11(13)10(8)12-9-5-3-2-4-6-9/h2-6,8,10,12H,7H2,1H3/t8-,10+/m1/s1. The maximum absolute atomic E-state index is 11.3. The van der Waals surface area contributed by atoms with Crippen LogP contribution >= 0.6 is 0 Å². The molecule has 0 bridgehead atoms. The van der Waals surface area contributed by atoms with Crippen molar-refractivity contribution >= 4 is 11.7 Å². The molecule has 0 spiro atoms. The maximum Gasteiger partial charge on any atom is 0.328 e. The van der Waals surface area contributed by atoms with E-state index in [4.69, 9.17) is 4.74 Å². The van der Waals surface area contributed by atoms with E-state index in [9.17, 15) is 4.79 Å². The average molecular weight is 191 g/mol. The fraction of sp³-hybridized carbons (Fsp3) is 0.364. The van der Waals surface area contributed by atoms with Gasteiger partial charge >= 0.3 is 5.97 Å². The molecule has 1 fully saturated rings. The number of ether oxygens (including phenoxy) is 1. The smallest absolute Gasteiger partial charge is 0.328 e. The molecule has 14 heavy (non-hydrogen) atoms. The first-order chi connectivity index (χ1) is 6.77. The molecule has 2 rings (SSSR count). The summed E-state index contributed by atoms with van der Waals surface area (Å²) in [5.74, 6) is 0.0871. The minimum atomic E-state index is -0.197. The van der Waals surface area contributed by atoms with E-state index in [0.29, 0.717) is 6.61 Å². The first-order valence-electron chi connectivity index (χ1n) is 4.75. The molecule has 1 aliphatic rings. The lowest BCUT2D eigenvalue weighted by Crippen LogP contribution is -2.29. The van der Waals surface area contributed by atoms with Gasteiger partial charge in [0, 0.05) is 11.6 Å². The third-order valence-electron chi connectivity index (χ3n) is 2.41. The van der Waals surface area contributed by atoms with Gasteiger partial charge in [-0.1, -0.05) is 25.1 Å². The molecular formula is C11H13NO2. The predicted octanol–water partition coefficient (Wildman–Crippen LogP) is 1.66. The average Bonchev–Trinajstić information content (AvgIpc) is 2.51. The van der Waals surface area contributed by atoms with Crippen LogP contribution in [0.1, 0.15) is 6.92 Å². The molecule has 1 N–H and O–H groups in total. The van der Waals surface area contributed by atoms with E-state index in [2.05, 4.69) is 5.32 Å². The Morgan fingerprint density at radius 2 is 2.07 bits per heavy atom. The summed E-state index contributed by atoms with van der Waals surface area (Å²) >= 11 is 0. The molecule has 1 aromatic carbocycles. The number of carbonyl (C=O) groups excluding carboxylic acids is 1.